The zero-order valence-electron chi connectivity index (χ0n) is 12.5. The Hall–Kier alpha value is -2.63. The third kappa shape index (κ3) is 3.94. The van der Waals surface area contributed by atoms with Gasteiger partial charge in [-0.05, 0) is 44.5 Å². The number of nitro groups is 1. The molecule has 6 nitrogen and oxygen atoms in total. The minimum atomic E-state index is -0.455. The van der Waals surface area contributed by atoms with Crippen molar-refractivity contribution in [3.8, 4) is 0 Å². The average Bonchev–Trinajstić information content (AvgIpc) is 2.97. The van der Waals surface area contributed by atoms with Crippen LogP contribution in [0.25, 0.3) is 0 Å². The number of nitro benzene ring substituents is 1. The maximum atomic E-state index is 12.1. The summed E-state index contributed by atoms with van der Waals surface area (Å²) in [5, 5.41) is 13.7. The van der Waals surface area contributed by atoms with Gasteiger partial charge in [-0.3, -0.25) is 14.9 Å². The molecule has 0 radical (unpaired) electrons. The Kier molecular flexibility index (Phi) is 4.93. The van der Waals surface area contributed by atoms with E-state index in [-0.39, 0.29) is 17.6 Å². The second kappa shape index (κ2) is 6.89. The van der Waals surface area contributed by atoms with E-state index < -0.39 is 4.92 Å². The van der Waals surface area contributed by atoms with Gasteiger partial charge in [0, 0.05) is 29.7 Å². The number of carbonyl (C=O) groups excluding carboxylic acids is 1. The van der Waals surface area contributed by atoms with Crippen LogP contribution in [0.5, 0.6) is 0 Å². The lowest BCUT2D eigenvalue weighted by Gasteiger charge is -2.13. The van der Waals surface area contributed by atoms with Crippen molar-refractivity contribution in [3.63, 3.8) is 0 Å². The third-order valence-corrected chi connectivity index (χ3v) is 3.44. The van der Waals surface area contributed by atoms with Gasteiger partial charge >= 0.3 is 0 Å². The minimum Gasteiger partial charge on any atom is -0.469 e. The van der Waals surface area contributed by atoms with Gasteiger partial charge in [0.15, 0.2) is 0 Å². The Morgan fingerprint density at radius 1 is 1.41 bits per heavy atom. The summed E-state index contributed by atoms with van der Waals surface area (Å²) >= 11 is 0. The van der Waals surface area contributed by atoms with E-state index in [1.54, 1.807) is 13.2 Å². The molecule has 0 bridgehead atoms. The van der Waals surface area contributed by atoms with Crippen molar-refractivity contribution < 1.29 is 14.1 Å². The zero-order valence-corrected chi connectivity index (χ0v) is 12.5. The number of aryl methyl sites for hydroxylation is 2. The molecule has 1 aromatic heterocycles. The average molecular weight is 302 g/mol. The fourth-order valence-corrected chi connectivity index (χ4v) is 2.19. The predicted molar refractivity (Wildman–Crippen MR) is 81.8 cm³/mol. The topological polar surface area (TPSA) is 85.4 Å². The quantitative estimate of drug-likeness (QED) is 0.655. The molecule has 0 saturated carbocycles. The normalized spacial score (nSPS) is 11.9. The molecule has 116 valence electrons. The molecule has 1 N–H and O–H groups in total. The summed E-state index contributed by atoms with van der Waals surface area (Å²) in [6.07, 6.45) is 3.12. The second-order valence-corrected chi connectivity index (χ2v) is 5.25. The maximum Gasteiger partial charge on any atom is 0.272 e. The molecular formula is C16H18N2O4. The first-order valence-electron chi connectivity index (χ1n) is 7.05. The van der Waals surface area contributed by atoms with Gasteiger partial charge in [0.2, 0.25) is 0 Å². The Morgan fingerprint density at radius 2 is 2.18 bits per heavy atom. The van der Waals surface area contributed by atoms with Gasteiger partial charge in [0.1, 0.15) is 5.76 Å². The molecule has 22 heavy (non-hydrogen) atoms. The van der Waals surface area contributed by atoms with Crippen LogP contribution in [-0.4, -0.2) is 16.9 Å². The molecule has 1 atom stereocenters. The third-order valence-electron chi connectivity index (χ3n) is 3.44. The first-order valence-corrected chi connectivity index (χ1v) is 7.05. The van der Waals surface area contributed by atoms with Crippen molar-refractivity contribution in [1.29, 1.82) is 0 Å². The molecule has 1 aromatic carbocycles. The highest BCUT2D eigenvalue weighted by molar-refractivity contribution is 5.94. The molecule has 0 fully saturated rings. The lowest BCUT2D eigenvalue weighted by atomic mass is 10.1. The first kappa shape index (κ1) is 15.8. The van der Waals surface area contributed by atoms with Gasteiger partial charge in [-0.25, -0.2) is 0 Å². The van der Waals surface area contributed by atoms with Crippen molar-refractivity contribution in [2.45, 2.75) is 32.7 Å². The molecule has 1 heterocycles. The Balaban J connectivity index is 1.93. The highest BCUT2D eigenvalue weighted by Gasteiger charge is 2.15. The molecule has 0 spiro atoms. The number of nitrogens with zero attached hydrogens (tertiary/aromatic N) is 1. The van der Waals surface area contributed by atoms with E-state index >= 15 is 0 Å². The summed E-state index contributed by atoms with van der Waals surface area (Å²) in [5.41, 5.74) is 0.913. The number of amides is 1. The van der Waals surface area contributed by atoms with Crippen LogP contribution in [0.2, 0.25) is 0 Å². The number of rotatable bonds is 6. The lowest BCUT2D eigenvalue weighted by Crippen LogP contribution is -2.32. The number of benzene rings is 1. The Labute approximate surface area is 128 Å². The summed E-state index contributed by atoms with van der Waals surface area (Å²) in [6, 6.07) is 8.07. The fourth-order valence-electron chi connectivity index (χ4n) is 2.19. The largest absolute Gasteiger partial charge is 0.469 e. The van der Waals surface area contributed by atoms with E-state index in [9.17, 15) is 14.9 Å². The number of furan rings is 1. The van der Waals surface area contributed by atoms with Crippen LogP contribution in [0.3, 0.4) is 0 Å². The molecular weight excluding hydrogens is 284 g/mol. The van der Waals surface area contributed by atoms with Crippen LogP contribution >= 0.6 is 0 Å². The number of nitrogens with one attached hydrogen (secondary N) is 1. The van der Waals surface area contributed by atoms with E-state index in [1.165, 1.54) is 18.2 Å². The second-order valence-electron chi connectivity index (χ2n) is 5.25. The maximum absolute atomic E-state index is 12.1. The highest BCUT2D eigenvalue weighted by Crippen LogP contribution is 2.18. The van der Waals surface area contributed by atoms with Crippen LogP contribution in [0.15, 0.2) is 41.0 Å². The summed E-state index contributed by atoms with van der Waals surface area (Å²) < 4.78 is 5.25. The fraction of sp³-hybridized carbons (Fsp3) is 0.312. The molecule has 0 unspecified atom stereocenters. The Morgan fingerprint density at radius 3 is 2.77 bits per heavy atom. The number of carbonyl (C=O) groups is 1. The van der Waals surface area contributed by atoms with E-state index in [4.69, 9.17) is 4.42 Å². The van der Waals surface area contributed by atoms with E-state index in [0.29, 0.717) is 11.1 Å². The molecule has 0 aliphatic rings. The van der Waals surface area contributed by atoms with E-state index in [2.05, 4.69) is 5.32 Å². The van der Waals surface area contributed by atoms with Gasteiger partial charge < -0.3 is 9.73 Å². The minimum absolute atomic E-state index is 0.0161. The number of hydrogen-bond donors (Lipinski definition) is 1. The van der Waals surface area contributed by atoms with Crippen molar-refractivity contribution in [2.24, 2.45) is 0 Å². The molecule has 2 aromatic rings. The van der Waals surface area contributed by atoms with Gasteiger partial charge in [-0.2, -0.15) is 0 Å². The van der Waals surface area contributed by atoms with Crippen LogP contribution in [0.4, 0.5) is 5.69 Å². The molecule has 2 rings (SSSR count). The van der Waals surface area contributed by atoms with Crippen molar-refractivity contribution in [3.05, 3.63) is 63.6 Å². The highest BCUT2D eigenvalue weighted by atomic mass is 16.6. The van der Waals surface area contributed by atoms with Crippen LogP contribution in [0, 0.1) is 17.0 Å². The Bertz CT molecular complexity index is 665. The zero-order chi connectivity index (χ0) is 16.1. The lowest BCUT2D eigenvalue weighted by molar-refractivity contribution is -0.385. The van der Waals surface area contributed by atoms with Crippen LogP contribution < -0.4 is 5.32 Å². The van der Waals surface area contributed by atoms with Crippen LogP contribution in [-0.2, 0) is 6.42 Å². The molecule has 1 amide bonds. The van der Waals surface area contributed by atoms with Gasteiger partial charge in [-0.15, -0.1) is 0 Å². The van der Waals surface area contributed by atoms with E-state index in [1.807, 2.05) is 19.1 Å². The first-order chi connectivity index (χ1) is 10.5. The van der Waals surface area contributed by atoms with Gasteiger partial charge in [-0.1, -0.05) is 0 Å². The summed E-state index contributed by atoms with van der Waals surface area (Å²) in [6.45, 7) is 3.54. The van der Waals surface area contributed by atoms with Crippen molar-refractivity contribution in [2.75, 3.05) is 0 Å². The van der Waals surface area contributed by atoms with Crippen molar-refractivity contribution >= 4 is 11.6 Å². The van der Waals surface area contributed by atoms with Gasteiger partial charge in [0.05, 0.1) is 11.2 Å². The molecule has 6 heteroatoms. The SMILES string of the molecule is Cc1cc(C(=O)N[C@@H](C)CCc2ccco2)ccc1[N+](=O)[O-]. The predicted octanol–water partition coefficient (Wildman–Crippen LogP) is 3.25. The molecule has 0 aliphatic carbocycles. The smallest absolute Gasteiger partial charge is 0.272 e. The van der Waals surface area contributed by atoms with Crippen LogP contribution in [0.1, 0.15) is 35.0 Å². The standard InChI is InChI=1S/C16H18N2O4/c1-11-10-13(6-8-15(11)18(20)21)16(19)17-12(2)5-7-14-4-3-9-22-14/h3-4,6,8-10,12H,5,7H2,1-2H3,(H,17,19)/t12-/m0/s1. The monoisotopic (exact) mass is 302 g/mol. The summed E-state index contributed by atoms with van der Waals surface area (Å²) in [7, 11) is 0. The summed E-state index contributed by atoms with van der Waals surface area (Å²) in [4.78, 5) is 22.5. The number of hydrogen-bond acceptors (Lipinski definition) is 4. The van der Waals surface area contributed by atoms with Gasteiger partial charge in [0.25, 0.3) is 11.6 Å². The molecule has 0 saturated heterocycles. The van der Waals surface area contributed by atoms with E-state index in [0.717, 1.165) is 18.6 Å². The molecule has 0 aliphatic heterocycles. The summed E-state index contributed by atoms with van der Waals surface area (Å²) in [5.74, 6) is 0.650. The van der Waals surface area contributed by atoms with Crippen molar-refractivity contribution in [1.82, 2.24) is 5.32 Å².